The van der Waals surface area contributed by atoms with Crippen molar-refractivity contribution >= 4 is 12.0 Å². The second-order valence-electron chi connectivity index (χ2n) is 3.98. The highest BCUT2D eigenvalue weighted by Gasteiger charge is 2.35. The molecule has 20 heavy (non-hydrogen) atoms. The standard InChI is InChI=1S/C12H13F3N2O3/c13-12(14,15)6-9(10(16)18)17-11(19)20-7-8-4-2-1-3-5-8/h1-5,9H,6-7H2,(H2,16,18)(H,17,19)/t9-/m1/s1. The molecule has 8 heteroatoms. The highest BCUT2D eigenvalue weighted by Crippen LogP contribution is 2.21. The minimum Gasteiger partial charge on any atom is -0.445 e. The average molecular weight is 290 g/mol. The molecule has 0 aliphatic rings. The van der Waals surface area contributed by atoms with E-state index >= 15 is 0 Å². The molecular weight excluding hydrogens is 277 g/mol. The van der Waals surface area contributed by atoms with Gasteiger partial charge in [-0.1, -0.05) is 30.3 Å². The molecule has 1 rings (SSSR count). The van der Waals surface area contributed by atoms with E-state index in [0.717, 1.165) is 0 Å². The second kappa shape index (κ2) is 6.78. The fraction of sp³-hybridized carbons (Fsp3) is 0.333. The Balaban J connectivity index is 2.48. The van der Waals surface area contributed by atoms with Gasteiger partial charge >= 0.3 is 12.3 Å². The zero-order chi connectivity index (χ0) is 15.2. The molecule has 3 N–H and O–H groups in total. The normalized spacial score (nSPS) is 12.6. The smallest absolute Gasteiger partial charge is 0.408 e. The van der Waals surface area contributed by atoms with Crippen LogP contribution in [-0.2, 0) is 16.1 Å². The van der Waals surface area contributed by atoms with Crippen molar-refractivity contribution < 1.29 is 27.5 Å². The van der Waals surface area contributed by atoms with E-state index in [4.69, 9.17) is 10.5 Å². The van der Waals surface area contributed by atoms with Gasteiger partial charge in [-0.15, -0.1) is 0 Å². The third kappa shape index (κ3) is 6.07. The number of amides is 2. The average Bonchev–Trinajstić information content (AvgIpc) is 2.35. The first-order valence-corrected chi connectivity index (χ1v) is 5.61. The van der Waals surface area contributed by atoms with E-state index < -0.39 is 30.6 Å². The summed E-state index contributed by atoms with van der Waals surface area (Å²) in [7, 11) is 0. The van der Waals surface area contributed by atoms with Crippen molar-refractivity contribution in [3.05, 3.63) is 35.9 Å². The fourth-order valence-corrected chi connectivity index (χ4v) is 1.36. The predicted molar refractivity (Wildman–Crippen MR) is 63.4 cm³/mol. The van der Waals surface area contributed by atoms with Gasteiger partial charge in [0.1, 0.15) is 12.6 Å². The van der Waals surface area contributed by atoms with Crippen LogP contribution in [0, 0.1) is 0 Å². The molecule has 1 aromatic carbocycles. The summed E-state index contributed by atoms with van der Waals surface area (Å²) in [5.41, 5.74) is 5.45. The minimum atomic E-state index is -4.62. The number of ether oxygens (including phenoxy) is 1. The molecule has 0 aliphatic heterocycles. The fourth-order valence-electron chi connectivity index (χ4n) is 1.36. The van der Waals surface area contributed by atoms with E-state index in [-0.39, 0.29) is 6.61 Å². The molecule has 0 unspecified atom stereocenters. The minimum absolute atomic E-state index is 0.121. The van der Waals surface area contributed by atoms with Gasteiger partial charge in [-0.2, -0.15) is 13.2 Å². The Morgan fingerprint density at radius 2 is 1.85 bits per heavy atom. The van der Waals surface area contributed by atoms with Gasteiger partial charge in [-0.25, -0.2) is 4.79 Å². The van der Waals surface area contributed by atoms with Crippen LogP contribution in [0.15, 0.2) is 30.3 Å². The molecule has 0 fully saturated rings. The molecular formula is C12H13F3N2O3. The van der Waals surface area contributed by atoms with E-state index in [2.05, 4.69) is 0 Å². The van der Waals surface area contributed by atoms with E-state index in [9.17, 15) is 22.8 Å². The monoisotopic (exact) mass is 290 g/mol. The lowest BCUT2D eigenvalue weighted by molar-refractivity contribution is -0.147. The third-order valence-corrected chi connectivity index (χ3v) is 2.28. The van der Waals surface area contributed by atoms with Crippen molar-refractivity contribution in [3.63, 3.8) is 0 Å². The first-order chi connectivity index (χ1) is 9.28. The summed E-state index contributed by atoms with van der Waals surface area (Å²) < 4.78 is 41.2. The van der Waals surface area contributed by atoms with Crippen LogP contribution in [0.5, 0.6) is 0 Å². The van der Waals surface area contributed by atoms with Crippen LogP contribution in [0.3, 0.4) is 0 Å². The van der Waals surface area contributed by atoms with Crippen molar-refractivity contribution in [2.45, 2.75) is 25.2 Å². The zero-order valence-corrected chi connectivity index (χ0v) is 10.3. The molecule has 0 radical (unpaired) electrons. The van der Waals surface area contributed by atoms with Gasteiger partial charge in [0.05, 0.1) is 6.42 Å². The molecule has 0 aromatic heterocycles. The topological polar surface area (TPSA) is 81.4 Å². The van der Waals surface area contributed by atoms with Gasteiger partial charge in [0.25, 0.3) is 0 Å². The van der Waals surface area contributed by atoms with Crippen LogP contribution < -0.4 is 11.1 Å². The lowest BCUT2D eigenvalue weighted by Crippen LogP contribution is -2.47. The molecule has 0 heterocycles. The van der Waals surface area contributed by atoms with Crippen molar-refractivity contribution in [2.75, 3.05) is 0 Å². The van der Waals surface area contributed by atoms with Gasteiger partial charge in [-0.05, 0) is 5.56 Å². The zero-order valence-electron chi connectivity index (χ0n) is 10.3. The number of primary amides is 1. The Morgan fingerprint density at radius 3 is 2.35 bits per heavy atom. The van der Waals surface area contributed by atoms with Crippen LogP contribution in [0.1, 0.15) is 12.0 Å². The Hall–Kier alpha value is -2.25. The molecule has 1 aromatic rings. The summed E-state index contributed by atoms with van der Waals surface area (Å²) >= 11 is 0. The van der Waals surface area contributed by atoms with Gasteiger partial charge in [0.15, 0.2) is 0 Å². The number of alkyl carbamates (subject to hydrolysis) is 1. The quantitative estimate of drug-likeness (QED) is 0.866. The van der Waals surface area contributed by atoms with Crippen molar-refractivity contribution in [1.82, 2.24) is 5.32 Å². The summed E-state index contributed by atoms with van der Waals surface area (Å²) in [6, 6.07) is 6.69. The maximum Gasteiger partial charge on any atom is 0.408 e. The Kier molecular flexibility index (Phi) is 5.36. The van der Waals surface area contributed by atoms with Crippen molar-refractivity contribution in [3.8, 4) is 0 Å². The number of rotatable bonds is 5. The third-order valence-electron chi connectivity index (χ3n) is 2.28. The lowest BCUT2D eigenvalue weighted by Gasteiger charge is -2.17. The second-order valence-corrected chi connectivity index (χ2v) is 3.98. The summed E-state index contributed by atoms with van der Waals surface area (Å²) in [6.45, 7) is -0.121. The molecule has 0 saturated carbocycles. The van der Waals surface area contributed by atoms with Crippen LogP contribution >= 0.6 is 0 Å². The number of carbonyl (C=O) groups excluding carboxylic acids is 2. The summed E-state index contributed by atoms with van der Waals surface area (Å²) in [4.78, 5) is 22.1. The molecule has 0 spiro atoms. The molecule has 5 nitrogen and oxygen atoms in total. The van der Waals surface area contributed by atoms with Gasteiger partial charge in [-0.3, -0.25) is 4.79 Å². The number of hydrogen-bond acceptors (Lipinski definition) is 3. The van der Waals surface area contributed by atoms with Crippen molar-refractivity contribution in [1.29, 1.82) is 0 Å². The molecule has 1 atom stereocenters. The largest absolute Gasteiger partial charge is 0.445 e. The molecule has 0 aliphatic carbocycles. The van der Waals surface area contributed by atoms with Gasteiger partial charge < -0.3 is 15.8 Å². The van der Waals surface area contributed by atoms with E-state index in [1.807, 2.05) is 0 Å². The molecule has 2 amide bonds. The van der Waals surface area contributed by atoms with E-state index in [1.165, 1.54) is 0 Å². The number of nitrogens with one attached hydrogen (secondary N) is 1. The number of nitrogens with two attached hydrogens (primary N) is 1. The summed E-state index contributed by atoms with van der Waals surface area (Å²) in [5.74, 6) is -1.28. The van der Waals surface area contributed by atoms with Crippen LogP contribution in [-0.4, -0.2) is 24.2 Å². The van der Waals surface area contributed by atoms with Crippen LogP contribution in [0.2, 0.25) is 0 Å². The number of carbonyl (C=O) groups is 2. The highest BCUT2D eigenvalue weighted by atomic mass is 19.4. The first kappa shape index (κ1) is 15.8. The first-order valence-electron chi connectivity index (χ1n) is 5.61. The number of halogens is 3. The van der Waals surface area contributed by atoms with Crippen LogP contribution in [0.25, 0.3) is 0 Å². The SMILES string of the molecule is NC(=O)[C@@H](CC(F)(F)F)NC(=O)OCc1ccccc1. The van der Waals surface area contributed by atoms with Gasteiger partial charge in [0, 0.05) is 0 Å². The predicted octanol–water partition coefficient (Wildman–Crippen LogP) is 1.72. The number of alkyl halides is 3. The summed E-state index contributed by atoms with van der Waals surface area (Å²) in [6.07, 6.45) is -7.29. The lowest BCUT2D eigenvalue weighted by atomic mass is 10.2. The summed E-state index contributed by atoms with van der Waals surface area (Å²) in [5, 5.41) is 1.79. The molecule has 0 saturated heterocycles. The maximum atomic E-state index is 12.2. The van der Waals surface area contributed by atoms with E-state index in [1.54, 1.807) is 35.6 Å². The number of hydrogen-bond donors (Lipinski definition) is 2. The van der Waals surface area contributed by atoms with Gasteiger partial charge in [0.2, 0.25) is 5.91 Å². The molecule has 110 valence electrons. The Bertz CT molecular complexity index is 463. The van der Waals surface area contributed by atoms with Crippen molar-refractivity contribution in [2.24, 2.45) is 5.73 Å². The van der Waals surface area contributed by atoms with E-state index in [0.29, 0.717) is 5.56 Å². The highest BCUT2D eigenvalue weighted by molar-refractivity contribution is 5.84. The Labute approximate surface area is 112 Å². The maximum absolute atomic E-state index is 12.2. The molecule has 0 bridgehead atoms. The Morgan fingerprint density at radius 1 is 1.25 bits per heavy atom. The number of benzene rings is 1. The van der Waals surface area contributed by atoms with Crippen LogP contribution in [0.4, 0.5) is 18.0 Å².